The average Bonchev–Trinajstić information content (AvgIpc) is 2.27. The number of nitrogens with two attached hydrogens (primary N) is 1. The van der Waals surface area contributed by atoms with Crippen LogP contribution < -0.4 is 10.5 Å². The lowest BCUT2D eigenvalue weighted by Gasteiger charge is -2.31. The maximum Gasteiger partial charge on any atom is 0.317 e. The van der Waals surface area contributed by atoms with Crippen LogP contribution in [-0.4, -0.2) is 22.1 Å². The highest BCUT2D eigenvalue weighted by molar-refractivity contribution is 5.77. The zero-order valence-corrected chi connectivity index (χ0v) is 8.84. The van der Waals surface area contributed by atoms with Crippen molar-refractivity contribution in [3.8, 4) is 6.01 Å². The Morgan fingerprint density at radius 1 is 1.25 bits per heavy atom. The minimum Gasteiger partial charge on any atom is -0.460 e. The van der Waals surface area contributed by atoms with E-state index in [1.165, 1.54) is 0 Å². The molecule has 4 heteroatoms. The fourth-order valence-electron chi connectivity index (χ4n) is 1.86. The molecular weight excluding hydrogens is 202 g/mol. The van der Waals surface area contributed by atoms with Crippen LogP contribution in [-0.2, 0) is 0 Å². The first-order valence-electron chi connectivity index (χ1n) is 5.45. The van der Waals surface area contributed by atoms with Gasteiger partial charge in [-0.25, -0.2) is 4.98 Å². The van der Waals surface area contributed by atoms with Crippen molar-refractivity contribution >= 4 is 10.9 Å². The SMILES string of the molecule is NC1CC(Oc2ncc3ccccc3n2)C1. The first kappa shape index (κ1) is 9.54. The van der Waals surface area contributed by atoms with E-state index in [1.807, 2.05) is 24.3 Å². The molecule has 4 nitrogen and oxygen atoms in total. The van der Waals surface area contributed by atoms with Gasteiger partial charge in [0.25, 0.3) is 0 Å². The molecule has 1 aromatic heterocycles. The topological polar surface area (TPSA) is 61.0 Å². The summed E-state index contributed by atoms with van der Waals surface area (Å²) in [5, 5.41) is 1.03. The Balaban J connectivity index is 1.82. The number of benzene rings is 1. The molecule has 0 spiro atoms. The largest absolute Gasteiger partial charge is 0.460 e. The van der Waals surface area contributed by atoms with Gasteiger partial charge in [0.2, 0.25) is 0 Å². The van der Waals surface area contributed by atoms with E-state index < -0.39 is 0 Å². The van der Waals surface area contributed by atoms with E-state index in [9.17, 15) is 0 Å². The molecule has 1 aliphatic carbocycles. The van der Waals surface area contributed by atoms with Crippen molar-refractivity contribution in [2.24, 2.45) is 5.73 Å². The van der Waals surface area contributed by atoms with Crippen molar-refractivity contribution in [2.75, 3.05) is 0 Å². The predicted molar refractivity (Wildman–Crippen MR) is 61.2 cm³/mol. The molecule has 0 atom stereocenters. The van der Waals surface area contributed by atoms with Gasteiger partial charge in [0.05, 0.1) is 5.52 Å². The van der Waals surface area contributed by atoms with Gasteiger partial charge in [-0.15, -0.1) is 0 Å². The summed E-state index contributed by atoms with van der Waals surface area (Å²) >= 11 is 0. The molecule has 82 valence electrons. The molecule has 0 amide bonds. The highest BCUT2D eigenvalue weighted by atomic mass is 16.5. The van der Waals surface area contributed by atoms with E-state index in [4.69, 9.17) is 10.5 Å². The van der Waals surface area contributed by atoms with Crippen LogP contribution >= 0.6 is 0 Å². The van der Waals surface area contributed by atoms with E-state index in [-0.39, 0.29) is 12.1 Å². The van der Waals surface area contributed by atoms with Crippen molar-refractivity contribution in [2.45, 2.75) is 25.0 Å². The zero-order valence-electron chi connectivity index (χ0n) is 8.84. The highest BCUT2D eigenvalue weighted by Gasteiger charge is 2.28. The van der Waals surface area contributed by atoms with Crippen molar-refractivity contribution < 1.29 is 4.74 Å². The maximum absolute atomic E-state index is 5.69. The van der Waals surface area contributed by atoms with Crippen molar-refractivity contribution in [3.63, 3.8) is 0 Å². The zero-order chi connectivity index (χ0) is 11.0. The molecule has 0 saturated heterocycles. The maximum atomic E-state index is 5.69. The lowest BCUT2D eigenvalue weighted by atomic mass is 9.90. The second-order valence-electron chi connectivity index (χ2n) is 4.18. The van der Waals surface area contributed by atoms with Crippen molar-refractivity contribution in [1.29, 1.82) is 0 Å². The Morgan fingerprint density at radius 3 is 2.88 bits per heavy atom. The summed E-state index contributed by atoms with van der Waals surface area (Å²) in [4.78, 5) is 8.53. The number of fused-ring (bicyclic) bond motifs is 1. The number of para-hydroxylation sites is 1. The molecule has 16 heavy (non-hydrogen) atoms. The summed E-state index contributed by atoms with van der Waals surface area (Å²) in [6.07, 6.45) is 3.78. The van der Waals surface area contributed by atoms with Gasteiger partial charge >= 0.3 is 6.01 Å². The fraction of sp³-hybridized carbons (Fsp3) is 0.333. The van der Waals surface area contributed by atoms with E-state index in [1.54, 1.807) is 6.20 Å². The molecule has 2 N–H and O–H groups in total. The van der Waals surface area contributed by atoms with E-state index in [2.05, 4.69) is 9.97 Å². The van der Waals surface area contributed by atoms with Gasteiger partial charge in [-0.1, -0.05) is 18.2 Å². The van der Waals surface area contributed by atoms with Gasteiger partial charge in [-0.2, -0.15) is 4.98 Å². The Labute approximate surface area is 93.5 Å². The number of hydrogen-bond acceptors (Lipinski definition) is 4. The summed E-state index contributed by atoms with van der Waals surface area (Å²) in [6, 6.07) is 8.60. The molecule has 0 unspecified atom stereocenters. The monoisotopic (exact) mass is 215 g/mol. The molecule has 0 bridgehead atoms. The molecule has 1 saturated carbocycles. The summed E-state index contributed by atoms with van der Waals surface area (Å²) in [5.74, 6) is 0. The molecule has 1 aromatic carbocycles. The highest BCUT2D eigenvalue weighted by Crippen LogP contribution is 2.23. The molecule has 0 aliphatic heterocycles. The Bertz CT molecular complexity index is 508. The quantitative estimate of drug-likeness (QED) is 0.824. The Hall–Kier alpha value is -1.68. The van der Waals surface area contributed by atoms with E-state index in [0.717, 1.165) is 23.7 Å². The summed E-state index contributed by atoms with van der Waals surface area (Å²) in [7, 11) is 0. The summed E-state index contributed by atoms with van der Waals surface area (Å²) < 4.78 is 5.63. The van der Waals surface area contributed by atoms with Crippen molar-refractivity contribution in [3.05, 3.63) is 30.5 Å². The van der Waals surface area contributed by atoms with Crippen LogP contribution in [0.1, 0.15) is 12.8 Å². The standard InChI is InChI=1S/C12H13N3O/c13-9-5-10(6-9)16-12-14-7-8-3-1-2-4-11(8)15-12/h1-4,7,9-10H,5-6,13H2. The first-order chi connectivity index (χ1) is 7.81. The summed E-state index contributed by atoms with van der Waals surface area (Å²) in [5.41, 5.74) is 6.61. The van der Waals surface area contributed by atoms with Crippen LogP contribution in [0.5, 0.6) is 6.01 Å². The second kappa shape index (κ2) is 3.72. The van der Waals surface area contributed by atoms with E-state index >= 15 is 0 Å². The van der Waals surface area contributed by atoms with Crippen LogP contribution in [0.15, 0.2) is 30.5 Å². The fourth-order valence-corrected chi connectivity index (χ4v) is 1.86. The van der Waals surface area contributed by atoms with Crippen LogP contribution in [0.25, 0.3) is 10.9 Å². The smallest absolute Gasteiger partial charge is 0.317 e. The van der Waals surface area contributed by atoms with Gasteiger partial charge in [-0.3, -0.25) is 0 Å². The molecular formula is C12H13N3O. The third-order valence-corrected chi connectivity index (χ3v) is 2.87. The number of aromatic nitrogens is 2. The minimum atomic E-state index is 0.191. The lowest BCUT2D eigenvalue weighted by Crippen LogP contribution is -2.43. The molecule has 2 aromatic rings. The minimum absolute atomic E-state index is 0.191. The average molecular weight is 215 g/mol. The normalized spacial score (nSPS) is 24.1. The molecule has 1 aliphatic rings. The third-order valence-electron chi connectivity index (χ3n) is 2.87. The van der Waals surface area contributed by atoms with Gasteiger partial charge in [-0.05, 0) is 18.9 Å². The Morgan fingerprint density at radius 2 is 2.06 bits per heavy atom. The van der Waals surface area contributed by atoms with Crippen LogP contribution in [0.4, 0.5) is 0 Å². The number of nitrogens with zero attached hydrogens (tertiary/aromatic N) is 2. The molecule has 3 rings (SSSR count). The van der Waals surface area contributed by atoms with Gasteiger partial charge in [0.15, 0.2) is 0 Å². The number of hydrogen-bond donors (Lipinski definition) is 1. The van der Waals surface area contributed by atoms with Gasteiger partial charge in [0, 0.05) is 17.6 Å². The molecule has 0 radical (unpaired) electrons. The first-order valence-corrected chi connectivity index (χ1v) is 5.45. The van der Waals surface area contributed by atoms with E-state index in [0.29, 0.717) is 6.01 Å². The van der Waals surface area contributed by atoms with Gasteiger partial charge in [0.1, 0.15) is 6.10 Å². The van der Waals surface area contributed by atoms with Crippen molar-refractivity contribution in [1.82, 2.24) is 9.97 Å². The lowest BCUT2D eigenvalue weighted by molar-refractivity contribution is 0.0909. The molecule has 1 fully saturated rings. The molecule has 1 heterocycles. The second-order valence-corrected chi connectivity index (χ2v) is 4.18. The number of ether oxygens (including phenoxy) is 1. The Kier molecular flexibility index (Phi) is 2.22. The third kappa shape index (κ3) is 1.72. The van der Waals surface area contributed by atoms with Gasteiger partial charge < -0.3 is 10.5 Å². The van der Waals surface area contributed by atoms with Crippen LogP contribution in [0.3, 0.4) is 0 Å². The van der Waals surface area contributed by atoms with Crippen LogP contribution in [0.2, 0.25) is 0 Å². The van der Waals surface area contributed by atoms with Crippen LogP contribution in [0, 0.1) is 0 Å². The predicted octanol–water partition coefficient (Wildman–Crippen LogP) is 1.50. The summed E-state index contributed by atoms with van der Waals surface area (Å²) in [6.45, 7) is 0. The number of rotatable bonds is 2.